The molecule has 0 unspecified atom stereocenters. The maximum absolute atomic E-state index is 11.9. The first-order valence-electron chi connectivity index (χ1n) is 4.95. The van der Waals surface area contributed by atoms with E-state index in [9.17, 15) is 18.0 Å². The highest BCUT2D eigenvalue weighted by Gasteiger charge is 2.38. The molecule has 0 aliphatic heterocycles. The van der Waals surface area contributed by atoms with Crippen LogP contribution < -0.4 is 5.32 Å². The highest BCUT2D eigenvalue weighted by Crippen LogP contribution is 2.14. The summed E-state index contributed by atoms with van der Waals surface area (Å²) in [6.07, 6.45) is -4.53. The Morgan fingerprint density at radius 2 is 1.94 bits per heavy atom. The van der Waals surface area contributed by atoms with Gasteiger partial charge < -0.3 is 5.32 Å². The highest BCUT2D eigenvalue weighted by molar-refractivity contribution is 7.78. The zero-order valence-corrected chi connectivity index (χ0v) is 9.94. The summed E-state index contributed by atoms with van der Waals surface area (Å²) >= 11 is 4.43. The third-order valence-electron chi connectivity index (χ3n) is 2.07. The molecule has 1 N–H and O–H groups in total. The smallest absolute Gasteiger partial charge is 0.348 e. The monoisotopic (exact) mass is 274 g/mol. The fourth-order valence-corrected chi connectivity index (χ4v) is 1.32. The maximum atomic E-state index is 11.9. The van der Waals surface area contributed by atoms with Gasteiger partial charge >= 0.3 is 12.1 Å². The summed E-state index contributed by atoms with van der Waals surface area (Å²) in [5.41, 5.74) is 1.41. The first-order chi connectivity index (χ1) is 8.43. The number of isothiocyanates is 1. The lowest BCUT2D eigenvalue weighted by Crippen LogP contribution is -2.37. The van der Waals surface area contributed by atoms with Crippen molar-refractivity contribution in [2.45, 2.75) is 12.6 Å². The standard InChI is InChI=1S/C11H9F3N2OS/c12-11(13,14)10(17)15-6-5-8-1-3-9(4-2-8)16-7-18/h1-4H,5-6H2,(H,15,17). The van der Waals surface area contributed by atoms with Crippen LogP contribution in [0.25, 0.3) is 0 Å². The van der Waals surface area contributed by atoms with Crippen LogP contribution in [0.15, 0.2) is 29.3 Å². The quantitative estimate of drug-likeness (QED) is 0.677. The van der Waals surface area contributed by atoms with Crippen LogP contribution in [0.5, 0.6) is 0 Å². The van der Waals surface area contributed by atoms with E-state index in [1.54, 1.807) is 29.6 Å². The largest absolute Gasteiger partial charge is 0.471 e. The predicted molar refractivity (Wildman–Crippen MR) is 63.9 cm³/mol. The first kappa shape index (κ1) is 14.3. The lowest BCUT2D eigenvalue weighted by Gasteiger charge is -2.07. The SMILES string of the molecule is O=C(NCCc1ccc(N=C=S)cc1)C(F)(F)F. The molecule has 0 heterocycles. The van der Waals surface area contributed by atoms with E-state index in [1.807, 2.05) is 0 Å². The fourth-order valence-electron chi connectivity index (χ4n) is 1.21. The molecule has 0 aromatic heterocycles. The van der Waals surface area contributed by atoms with Gasteiger partial charge in [0.05, 0.1) is 10.8 Å². The maximum Gasteiger partial charge on any atom is 0.471 e. The van der Waals surface area contributed by atoms with Gasteiger partial charge in [0.15, 0.2) is 0 Å². The second-order valence-electron chi connectivity index (χ2n) is 3.37. The molecule has 0 aliphatic carbocycles. The van der Waals surface area contributed by atoms with Crippen molar-refractivity contribution >= 4 is 29.0 Å². The molecule has 0 spiro atoms. The van der Waals surface area contributed by atoms with Gasteiger partial charge in [0.1, 0.15) is 0 Å². The molecule has 18 heavy (non-hydrogen) atoms. The minimum Gasteiger partial charge on any atom is -0.348 e. The number of carbonyl (C=O) groups excluding carboxylic acids is 1. The summed E-state index contributed by atoms with van der Waals surface area (Å²) in [5.74, 6) is -1.93. The molecule has 0 fully saturated rings. The van der Waals surface area contributed by atoms with Gasteiger partial charge in [-0.15, -0.1) is 0 Å². The van der Waals surface area contributed by atoms with E-state index < -0.39 is 12.1 Å². The van der Waals surface area contributed by atoms with Gasteiger partial charge in [0, 0.05) is 6.54 Å². The van der Waals surface area contributed by atoms with Crippen molar-refractivity contribution in [2.24, 2.45) is 4.99 Å². The molecular formula is C11H9F3N2OS. The van der Waals surface area contributed by atoms with Crippen molar-refractivity contribution < 1.29 is 18.0 Å². The summed E-state index contributed by atoms with van der Waals surface area (Å²) in [5, 5.41) is 4.00. The minimum absolute atomic E-state index is 0.0753. The predicted octanol–water partition coefficient (Wildman–Crippen LogP) is 2.64. The van der Waals surface area contributed by atoms with Gasteiger partial charge in [-0.3, -0.25) is 4.79 Å². The van der Waals surface area contributed by atoms with Gasteiger partial charge in [-0.2, -0.15) is 18.2 Å². The number of benzene rings is 1. The van der Waals surface area contributed by atoms with Gasteiger partial charge in [-0.05, 0) is 36.3 Å². The minimum atomic E-state index is -4.84. The van der Waals surface area contributed by atoms with Crippen LogP contribution in [0.3, 0.4) is 0 Å². The zero-order chi connectivity index (χ0) is 13.6. The Bertz CT molecular complexity index is 464. The summed E-state index contributed by atoms with van der Waals surface area (Å²) < 4.78 is 35.6. The number of carbonyl (C=O) groups is 1. The Morgan fingerprint density at radius 1 is 1.33 bits per heavy atom. The molecule has 0 aliphatic rings. The summed E-state index contributed by atoms with van der Waals surface area (Å²) in [6.45, 7) is -0.0753. The van der Waals surface area contributed by atoms with E-state index in [-0.39, 0.29) is 6.54 Å². The van der Waals surface area contributed by atoms with Crippen LogP contribution in [0.2, 0.25) is 0 Å². The lowest BCUT2D eigenvalue weighted by molar-refractivity contribution is -0.173. The average molecular weight is 274 g/mol. The third-order valence-corrected chi connectivity index (χ3v) is 2.16. The topological polar surface area (TPSA) is 41.5 Å². The van der Waals surface area contributed by atoms with E-state index in [2.05, 4.69) is 22.4 Å². The number of amides is 1. The molecule has 1 aromatic carbocycles. The molecule has 0 saturated carbocycles. The van der Waals surface area contributed by atoms with E-state index in [0.29, 0.717) is 12.1 Å². The van der Waals surface area contributed by atoms with E-state index in [4.69, 9.17) is 0 Å². The molecule has 0 atom stereocenters. The van der Waals surface area contributed by atoms with Crippen LogP contribution in [-0.2, 0) is 11.2 Å². The molecule has 0 radical (unpaired) electrons. The van der Waals surface area contributed by atoms with Gasteiger partial charge in [-0.25, -0.2) is 0 Å². The average Bonchev–Trinajstić information content (AvgIpc) is 2.30. The van der Waals surface area contributed by atoms with E-state index in [1.165, 1.54) is 0 Å². The van der Waals surface area contributed by atoms with Crippen molar-refractivity contribution in [3.8, 4) is 0 Å². The van der Waals surface area contributed by atoms with Crippen LogP contribution in [-0.4, -0.2) is 23.8 Å². The Balaban J connectivity index is 2.45. The van der Waals surface area contributed by atoms with Crippen molar-refractivity contribution in [3.05, 3.63) is 29.8 Å². The zero-order valence-electron chi connectivity index (χ0n) is 9.12. The van der Waals surface area contributed by atoms with Crippen molar-refractivity contribution in [1.29, 1.82) is 0 Å². The van der Waals surface area contributed by atoms with Crippen LogP contribution in [0, 0.1) is 0 Å². The number of hydrogen-bond acceptors (Lipinski definition) is 3. The highest BCUT2D eigenvalue weighted by atomic mass is 32.1. The van der Waals surface area contributed by atoms with Gasteiger partial charge in [0.2, 0.25) is 0 Å². The molecule has 3 nitrogen and oxygen atoms in total. The van der Waals surface area contributed by atoms with Gasteiger partial charge in [-0.1, -0.05) is 12.1 Å². The molecule has 96 valence electrons. The fraction of sp³-hybridized carbons (Fsp3) is 0.273. The number of alkyl halides is 3. The Hall–Kier alpha value is -1.72. The number of halogens is 3. The normalized spacial score (nSPS) is 10.6. The van der Waals surface area contributed by atoms with Crippen LogP contribution in [0.4, 0.5) is 18.9 Å². The molecule has 0 bridgehead atoms. The second kappa shape index (κ2) is 6.28. The number of aliphatic imine (C=N–C) groups is 1. The molecular weight excluding hydrogens is 265 g/mol. The third kappa shape index (κ3) is 4.65. The van der Waals surface area contributed by atoms with Gasteiger partial charge in [0.25, 0.3) is 0 Å². The molecule has 1 aromatic rings. The molecule has 7 heteroatoms. The van der Waals surface area contributed by atoms with Crippen LogP contribution in [0.1, 0.15) is 5.56 Å². The number of rotatable bonds is 4. The Kier molecular flexibility index (Phi) is 5.00. The number of thiocarbonyl (C=S) groups is 1. The van der Waals surface area contributed by atoms with Crippen LogP contribution >= 0.6 is 12.2 Å². The molecule has 1 amide bonds. The van der Waals surface area contributed by atoms with Crippen molar-refractivity contribution in [1.82, 2.24) is 5.32 Å². The summed E-state index contributed by atoms with van der Waals surface area (Å²) in [4.78, 5) is 14.3. The lowest BCUT2D eigenvalue weighted by atomic mass is 10.1. The van der Waals surface area contributed by atoms with Crippen molar-refractivity contribution in [2.75, 3.05) is 6.54 Å². The molecule has 0 saturated heterocycles. The number of hydrogen-bond donors (Lipinski definition) is 1. The van der Waals surface area contributed by atoms with E-state index >= 15 is 0 Å². The summed E-state index contributed by atoms with van der Waals surface area (Å²) in [6, 6.07) is 6.73. The van der Waals surface area contributed by atoms with E-state index in [0.717, 1.165) is 5.56 Å². The number of nitrogens with one attached hydrogen (secondary N) is 1. The first-order valence-corrected chi connectivity index (χ1v) is 5.36. The second-order valence-corrected chi connectivity index (χ2v) is 3.56. The Labute approximate surface area is 107 Å². The Morgan fingerprint density at radius 3 is 2.44 bits per heavy atom. The summed E-state index contributed by atoms with van der Waals surface area (Å²) in [7, 11) is 0. The van der Waals surface area contributed by atoms with Crippen molar-refractivity contribution in [3.63, 3.8) is 0 Å². The number of nitrogens with zero attached hydrogens (tertiary/aromatic N) is 1. The molecule has 1 rings (SSSR count).